The molecule has 1 heterocycles. The van der Waals surface area contributed by atoms with Crippen LogP contribution in [0.4, 0.5) is 5.69 Å². The highest BCUT2D eigenvalue weighted by Gasteiger charge is 2.15. The van der Waals surface area contributed by atoms with Gasteiger partial charge in [0.05, 0.1) is 5.69 Å². The van der Waals surface area contributed by atoms with Gasteiger partial charge in [-0.05, 0) is 37.6 Å². The Morgan fingerprint density at radius 2 is 1.81 bits per heavy atom. The van der Waals surface area contributed by atoms with Crippen molar-refractivity contribution in [1.29, 1.82) is 0 Å². The van der Waals surface area contributed by atoms with Gasteiger partial charge in [-0.15, -0.1) is 11.3 Å². The van der Waals surface area contributed by atoms with Crippen molar-refractivity contribution in [1.82, 2.24) is 10.3 Å². The Morgan fingerprint density at radius 3 is 2.54 bits per heavy atom. The second kappa shape index (κ2) is 8.83. The standard InChI is InChI=1S/C20H20ClN3OS/c1-14-18(26-20(24-14)15-8-10-16(21)11-9-15)19(25)23-13-5-12-22-17-6-3-2-4-7-17/h2-4,6-11,22H,5,12-13H2,1H3,(H,23,25). The molecule has 3 rings (SSSR count). The number of nitrogens with zero attached hydrogens (tertiary/aromatic N) is 1. The van der Waals surface area contributed by atoms with Crippen LogP contribution < -0.4 is 10.6 Å². The number of anilines is 1. The monoisotopic (exact) mass is 385 g/mol. The third-order valence-corrected chi connectivity index (χ3v) is 5.29. The largest absolute Gasteiger partial charge is 0.385 e. The average molecular weight is 386 g/mol. The molecule has 0 bridgehead atoms. The lowest BCUT2D eigenvalue weighted by Gasteiger charge is -2.07. The minimum atomic E-state index is -0.0695. The summed E-state index contributed by atoms with van der Waals surface area (Å²) in [6, 6.07) is 17.5. The summed E-state index contributed by atoms with van der Waals surface area (Å²) in [5.41, 5.74) is 2.80. The summed E-state index contributed by atoms with van der Waals surface area (Å²) in [6.07, 6.45) is 0.850. The van der Waals surface area contributed by atoms with Crippen LogP contribution in [0.25, 0.3) is 10.6 Å². The summed E-state index contributed by atoms with van der Waals surface area (Å²) in [7, 11) is 0. The van der Waals surface area contributed by atoms with Gasteiger partial charge in [0.1, 0.15) is 9.88 Å². The van der Waals surface area contributed by atoms with Gasteiger partial charge in [0, 0.05) is 29.4 Å². The minimum Gasteiger partial charge on any atom is -0.385 e. The lowest BCUT2D eigenvalue weighted by atomic mass is 10.2. The van der Waals surface area contributed by atoms with E-state index in [9.17, 15) is 4.79 Å². The van der Waals surface area contributed by atoms with Gasteiger partial charge in [-0.3, -0.25) is 4.79 Å². The quantitative estimate of drug-likeness (QED) is 0.562. The number of hydrogen-bond acceptors (Lipinski definition) is 4. The topological polar surface area (TPSA) is 54.0 Å². The predicted molar refractivity (Wildman–Crippen MR) is 109 cm³/mol. The number of rotatable bonds is 7. The minimum absolute atomic E-state index is 0.0695. The van der Waals surface area contributed by atoms with E-state index in [0.29, 0.717) is 16.4 Å². The summed E-state index contributed by atoms with van der Waals surface area (Å²) >= 11 is 7.33. The Kier molecular flexibility index (Phi) is 6.26. The van der Waals surface area contributed by atoms with E-state index in [4.69, 9.17) is 11.6 Å². The lowest BCUT2D eigenvalue weighted by Crippen LogP contribution is -2.25. The van der Waals surface area contributed by atoms with Crippen molar-refractivity contribution >= 4 is 34.5 Å². The maximum atomic E-state index is 12.4. The number of amides is 1. The highest BCUT2D eigenvalue weighted by molar-refractivity contribution is 7.17. The van der Waals surface area contributed by atoms with Gasteiger partial charge in [-0.2, -0.15) is 0 Å². The fourth-order valence-corrected chi connectivity index (χ4v) is 3.60. The number of carbonyl (C=O) groups is 1. The number of para-hydroxylation sites is 1. The smallest absolute Gasteiger partial charge is 0.263 e. The highest BCUT2D eigenvalue weighted by Crippen LogP contribution is 2.28. The molecule has 0 saturated carbocycles. The van der Waals surface area contributed by atoms with Crippen molar-refractivity contribution in [2.45, 2.75) is 13.3 Å². The van der Waals surface area contributed by atoms with E-state index in [1.807, 2.05) is 61.5 Å². The number of carbonyl (C=O) groups excluding carboxylic acids is 1. The van der Waals surface area contributed by atoms with E-state index < -0.39 is 0 Å². The SMILES string of the molecule is Cc1nc(-c2ccc(Cl)cc2)sc1C(=O)NCCCNc1ccccc1. The molecular formula is C20H20ClN3OS. The second-order valence-corrected chi connectivity index (χ2v) is 7.28. The summed E-state index contributed by atoms with van der Waals surface area (Å²) < 4.78 is 0. The fraction of sp³-hybridized carbons (Fsp3) is 0.200. The molecule has 1 aromatic heterocycles. The normalized spacial score (nSPS) is 10.5. The molecule has 0 aliphatic heterocycles. The Hall–Kier alpha value is -2.37. The molecule has 1 amide bonds. The van der Waals surface area contributed by atoms with E-state index in [0.717, 1.165) is 34.9 Å². The molecule has 0 fully saturated rings. The third-order valence-electron chi connectivity index (χ3n) is 3.84. The number of benzene rings is 2. The molecule has 2 aromatic carbocycles. The molecule has 2 N–H and O–H groups in total. The second-order valence-electron chi connectivity index (χ2n) is 5.84. The zero-order chi connectivity index (χ0) is 18.4. The molecular weight excluding hydrogens is 366 g/mol. The summed E-state index contributed by atoms with van der Waals surface area (Å²) in [6.45, 7) is 3.29. The van der Waals surface area contributed by atoms with Gasteiger partial charge in [0.2, 0.25) is 0 Å². The Morgan fingerprint density at radius 1 is 1.08 bits per heavy atom. The molecule has 0 atom stereocenters. The molecule has 26 heavy (non-hydrogen) atoms. The van der Waals surface area contributed by atoms with Crippen LogP contribution >= 0.6 is 22.9 Å². The molecule has 0 saturated heterocycles. The number of aromatic nitrogens is 1. The Bertz CT molecular complexity index is 863. The molecule has 0 aliphatic carbocycles. The van der Waals surface area contributed by atoms with Crippen molar-refractivity contribution in [3.8, 4) is 10.6 Å². The molecule has 134 valence electrons. The molecule has 0 unspecified atom stereocenters. The predicted octanol–water partition coefficient (Wildman–Crippen LogP) is 5.00. The van der Waals surface area contributed by atoms with Gasteiger partial charge < -0.3 is 10.6 Å². The average Bonchev–Trinajstić information content (AvgIpc) is 3.04. The van der Waals surface area contributed by atoms with Crippen molar-refractivity contribution < 1.29 is 4.79 Å². The van der Waals surface area contributed by atoms with Crippen molar-refractivity contribution in [2.75, 3.05) is 18.4 Å². The lowest BCUT2D eigenvalue weighted by molar-refractivity contribution is 0.0957. The van der Waals surface area contributed by atoms with E-state index in [2.05, 4.69) is 15.6 Å². The fourth-order valence-electron chi connectivity index (χ4n) is 2.48. The Labute approximate surface area is 162 Å². The summed E-state index contributed by atoms with van der Waals surface area (Å²) in [5, 5.41) is 7.81. The van der Waals surface area contributed by atoms with Crippen LogP contribution in [0.5, 0.6) is 0 Å². The Balaban J connectivity index is 1.51. The van der Waals surface area contributed by atoms with E-state index in [1.165, 1.54) is 11.3 Å². The molecule has 0 aliphatic rings. The highest BCUT2D eigenvalue weighted by atomic mass is 35.5. The summed E-state index contributed by atoms with van der Waals surface area (Å²) in [4.78, 5) is 17.6. The first-order valence-corrected chi connectivity index (χ1v) is 9.63. The maximum absolute atomic E-state index is 12.4. The van der Waals surface area contributed by atoms with Crippen molar-refractivity contribution in [3.63, 3.8) is 0 Å². The van der Waals surface area contributed by atoms with Crippen LogP contribution in [0.3, 0.4) is 0 Å². The van der Waals surface area contributed by atoms with Crippen molar-refractivity contribution in [2.24, 2.45) is 0 Å². The third kappa shape index (κ3) is 4.84. The maximum Gasteiger partial charge on any atom is 0.263 e. The first kappa shape index (κ1) is 18.4. The van der Waals surface area contributed by atoms with Gasteiger partial charge in [-0.25, -0.2) is 4.98 Å². The number of nitrogens with one attached hydrogen (secondary N) is 2. The van der Waals surface area contributed by atoms with Crippen LogP contribution in [-0.2, 0) is 0 Å². The number of aryl methyl sites for hydroxylation is 1. The number of halogens is 1. The number of thiazole rings is 1. The zero-order valence-electron chi connectivity index (χ0n) is 14.5. The first-order valence-electron chi connectivity index (χ1n) is 8.44. The van der Waals surface area contributed by atoms with Gasteiger partial charge in [0.15, 0.2) is 0 Å². The van der Waals surface area contributed by atoms with E-state index in [-0.39, 0.29) is 5.91 Å². The molecule has 6 heteroatoms. The van der Waals surface area contributed by atoms with Crippen molar-refractivity contribution in [3.05, 3.63) is 70.2 Å². The van der Waals surface area contributed by atoms with Gasteiger partial charge in [-0.1, -0.05) is 41.9 Å². The molecule has 0 spiro atoms. The van der Waals surface area contributed by atoms with Crippen LogP contribution in [0, 0.1) is 6.92 Å². The van der Waals surface area contributed by atoms with Crippen LogP contribution in [0.15, 0.2) is 54.6 Å². The summed E-state index contributed by atoms with van der Waals surface area (Å²) in [5.74, 6) is -0.0695. The van der Waals surface area contributed by atoms with Crippen LogP contribution in [0.1, 0.15) is 21.8 Å². The van der Waals surface area contributed by atoms with Gasteiger partial charge in [0.25, 0.3) is 5.91 Å². The van der Waals surface area contributed by atoms with Gasteiger partial charge >= 0.3 is 0 Å². The zero-order valence-corrected chi connectivity index (χ0v) is 16.0. The molecule has 0 radical (unpaired) electrons. The number of hydrogen-bond donors (Lipinski definition) is 2. The molecule has 3 aromatic rings. The van der Waals surface area contributed by atoms with E-state index in [1.54, 1.807) is 0 Å². The molecule has 4 nitrogen and oxygen atoms in total. The van der Waals surface area contributed by atoms with E-state index >= 15 is 0 Å². The van der Waals surface area contributed by atoms with Crippen LogP contribution in [-0.4, -0.2) is 24.0 Å². The van der Waals surface area contributed by atoms with Crippen LogP contribution in [0.2, 0.25) is 5.02 Å². The first-order chi connectivity index (χ1) is 12.6.